The molecule has 0 aliphatic heterocycles. The molecular weight excluding hydrogens is 241 g/mol. The van der Waals surface area contributed by atoms with Crippen LogP contribution in [-0.4, -0.2) is 11.5 Å². The summed E-state index contributed by atoms with van der Waals surface area (Å²) in [5, 5.41) is 0.651. The number of aromatic amines is 1. The average Bonchev–Trinajstić information content (AvgIpc) is 2.57. The zero-order valence-electron chi connectivity index (χ0n) is 10.3. The zero-order valence-corrected chi connectivity index (χ0v) is 10.3. The van der Waals surface area contributed by atoms with E-state index in [1.807, 2.05) is 19.9 Å². The number of nitrogens with one attached hydrogen (secondary N) is 1. The number of hydrogen-bond donors (Lipinski definition) is 2. The molecule has 0 atom stereocenters. The molecule has 0 radical (unpaired) electrons. The number of fused-ring (bicyclic) bond motifs is 1. The third-order valence-corrected chi connectivity index (χ3v) is 3.02. The van der Waals surface area contributed by atoms with Gasteiger partial charge in [-0.05, 0) is 49.6 Å². The summed E-state index contributed by atoms with van der Waals surface area (Å²) >= 11 is 0. The summed E-state index contributed by atoms with van der Waals surface area (Å²) < 4.78 is 38.9. The van der Waals surface area contributed by atoms with Gasteiger partial charge in [0.15, 0.2) is 0 Å². The molecule has 0 amide bonds. The molecule has 5 heteroatoms. The van der Waals surface area contributed by atoms with Crippen LogP contribution >= 0.6 is 0 Å². The van der Waals surface area contributed by atoms with Crippen molar-refractivity contribution in [3.63, 3.8) is 0 Å². The molecule has 18 heavy (non-hydrogen) atoms. The average molecular weight is 256 g/mol. The van der Waals surface area contributed by atoms with Crippen molar-refractivity contribution in [1.82, 2.24) is 4.98 Å². The highest BCUT2D eigenvalue weighted by Crippen LogP contribution is 2.37. The van der Waals surface area contributed by atoms with Crippen molar-refractivity contribution in [2.24, 2.45) is 5.73 Å². The van der Waals surface area contributed by atoms with Gasteiger partial charge in [0.25, 0.3) is 0 Å². The van der Waals surface area contributed by atoms with Crippen LogP contribution in [0, 0.1) is 13.8 Å². The quantitative estimate of drug-likeness (QED) is 0.850. The van der Waals surface area contributed by atoms with E-state index in [9.17, 15) is 13.2 Å². The Morgan fingerprint density at radius 2 is 1.89 bits per heavy atom. The zero-order chi connectivity index (χ0) is 13.5. The smallest absolute Gasteiger partial charge is 0.351 e. The number of rotatable bonds is 2. The number of aryl methyl sites for hydroxylation is 2. The van der Waals surface area contributed by atoms with Gasteiger partial charge in [-0.2, -0.15) is 13.2 Å². The van der Waals surface area contributed by atoms with Crippen molar-refractivity contribution in [1.29, 1.82) is 0 Å². The standard InChI is InChI=1S/C13H15F3N2/c1-7-5-8(2)11-9(3-4-17)12(13(14,15)16)18-10(11)6-7/h5-6,18H,3-4,17H2,1-2H3. The highest BCUT2D eigenvalue weighted by atomic mass is 19.4. The lowest BCUT2D eigenvalue weighted by Crippen LogP contribution is -2.12. The summed E-state index contributed by atoms with van der Waals surface area (Å²) in [4.78, 5) is 2.49. The fourth-order valence-corrected chi connectivity index (χ4v) is 2.44. The third kappa shape index (κ3) is 2.10. The molecule has 1 aromatic heterocycles. The maximum absolute atomic E-state index is 13.0. The Bertz CT molecular complexity index is 582. The Hall–Kier alpha value is -1.49. The maximum atomic E-state index is 13.0. The summed E-state index contributed by atoms with van der Waals surface area (Å²) in [6, 6.07) is 3.62. The summed E-state index contributed by atoms with van der Waals surface area (Å²) in [5.74, 6) is 0. The van der Waals surface area contributed by atoms with Gasteiger partial charge >= 0.3 is 6.18 Å². The molecule has 0 aliphatic rings. The minimum Gasteiger partial charge on any atom is -0.351 e. The minimum absolute atomic E-state index is 0.198. The second kappa shape index (κ2) is 4.31. The molecule has 2 nitrogen and oxygen atoms in total. The summed E-state index contributed by atoms with van der Waals surface area (Å²) in [5.41, 5.74) is 7.34. The molecule has 0 fully saturated rings. The van der Waals surface area contributed by atoms with E-state index < -0.39 is 11.9 Å². The Morgan fingerprint density at radius 3 is 2.44 bits per heavy atom. The lowest BCUT2D eigenvalue weighted by atomic mass is 10.0. The minimum atomic E-state index is -4.37. The number of benzene rings is 1. The first-order valence-electron chi connectivity index (χ1n) is 5.73. The predicted octanol–water partition coefficient (Wildman–Crippen LogP) is 3.30. The molecule has 0 spiro atoms. The van der Waals surface area contributed by atoms with Crippen LogP contribution in [0.25, 0.3) is 10.9 Å². The Balaban J connectivity index is 2.80. The van der Waals surface area contributed by atoms with E-state index in [0.717, 1.165) is 11.1 Å². The molecule has 2 aromatic rings. The molecule has 0 saturated heterocycles. The Kier molecular flexibility index (Phi) is 3.11. The molecule has 0 saturated carbocycles. The summed E-state index contributed by atoms with van der Waals surface area (Å²) in [6.07, 6.45) is -4.15. The highest BCUT2D eigenvalue weighted by molar-refractivity contribution is 5.88. The number of hydrogen-bond acceptors (Lipinski definition) is 1. The van der Waals surface area contributed by atoms with Crippen LogP contribution in [0.15, 0.2) is 12.1 Å². The van der Waals surface area contributed by atoms with E-state index in [2.05, 4.69) is 4.98 Å². The van der Waals surface area contributed by atoms with Gasteiger partial charge in [0.05, 0.1) is 0 Å². The first kappa shape index (κ1) is 13.0. The molecular formula is C13H15F3N2. The van der Waals surface area contributed by atoms with Gasteiger partial charge in [-0.3, -0.25) is 0 Å². The van der Waals surface area contributed by atoms with Gasteiger partial charge in [0.1, 0.15) is 5.69 Å². The van der Waals surface area contributed by atoms with Crippen molar-refractivity contribution in [3.05, 3.63) is 34.5 Å². The highest BCUT2D eigenvalue weighted by Gasteiger charge is 2.36. The molecule has 0 aliphatic carbocycles. The molecule has 1 heterocycles. The van der Waals surface area contributed by atoms with Crippen LogP contribution in [0.1, 0.15) is 22.4 Å². The first-order valence-corrected chi connectivity index (χ1v) is 5.73. The SMILES string of the molecule is Cc1cc(C)c2c(CCN)c(C(F)(F)F)[nH]c2c1. The van der Waals surface area contributed by atoms with Crippen molar-refractivity contribution < 1.29 is 13.2 Å². The van der Waals surface area contributed by atoms with E-state index in [0.29, 0.717) is 10.9 Å². The summed E-state index contributed by atoms with van der Waals surface area (Å²) in [7, 11) is 0. The van der Waals surface area contributed by atoms with Gasteiger partial charge < -0.3 is 10.7 Å². The first-order chi connectivity index (χ1) is 8.34. The van der Waals surface area contributed by atoms with Gasteiger partial charge in [-0.25, -0.2) is 0 Å². The number of H-pyrrole nitrogens is 1. The summed E-state index contributed by atoms with van der Waals surface area (Å²) in [6.45, 7) is 3.88. The van der Waals surface area contributed by atoms with E-state index in [1.54, 1.807) is 6.07 Å². The van der Waals surface area contributed by atoms with Crippen LogP contribution in [0.2, 0.25) is 0 Å². The Morgan fingerprint density at radius 1 is 1.22 bits per heavy atom. The number of aromatic nitrogens is 1. The Labute approximate surface area is 103 Å². The second-order valence-corrected chi connectivity index (χ2v) is 4.52. The lowest BCUT2D eigenvalue weighted by molar-refractivity contribution is -0.141. The van der Waals surface area contributed by atoms with Crippen LogP contribution in [0.3, 0.4) is 0 Å². The maximum Gasteiger partial charge on any atom is 0.431 e. The van der Waals surface area contributed by atoms with Crippen molar-refractivity contribution in [3.8, 4) is 0 Å². The van der Waals surface area contributed by atoms with E-state index in [1.165, 1.54) is 0 Å². The van der Waals surface area contributed by atoms with Crippen molar-refractivity contribution in [2.45, 2.75) is 26.4 Å². The predicted molar refractivity (Wildman–Crippen MR) is 65.5 cm³/mol. The number of halogens is 3. The van der Waals surface area contributed by atoms with E-state index in [4.69, 9.17) is 5.73 Å². The van der Waals surface area contributed by atoms with Crippen LogP contribution in [0.4, 0.5) is 13.2 Å². The van der Waals surface area contributed by atoms with Gasteiger partial charge in [0.2, 0.25) is 0 Å². The molecule has 1 aromatic carbocycles. The van der Waals surface area contributed by atoms with Crippen LogP contribution in [-0.2, 0) is 12.6 Å². The topological polar surface area (TPSA) is 41.8 Å². The molecule has 3 N–H and O–H groups in total. The van der Waals surface area contributed by atoms with Crippen LogP contribution in [0.5, 0.6) is 0 Å². The monoisotopic (exact) mass is 256 g/mol. The fraction of sp³-hybridized carbons (Fsp3) is 0.385. The van der Waals surface area contributed by atoms with Crippen LogP contribution < -0.4 is 5.73 Å². The number of alkyl halides is 3. The fourth-order valence-electron chi connectivity index (χ4n) is 2.44. The van der Waals surface area contributed by atoms with Gasteiger partial charge in [0, 0.05) is 10.9 Å². The lowest BCUT2D eigenvalue weighted by Gasteiger charge is -2.08. The molecule has 98 valence electrons. The molecule has 0 bridgehead atoms. The van der Waals surface area contributed by atoms with Gasteiger partial charge in [-0.15, -0.1) is 0 Å². The largest absolute Gasteiger partial charge is 0.431 e. The van der Waals surface area contributed by atoms with Crippen molar-refractivity contribution in [2.75, 3.05) is 6.54 Å². The molecule has 0 unspecified atom stereocenters. The second-order valence-electron chi connectivity index (χ2n) is 4.52. The van der Waals surface area contributed by atoms with E-state index in [-0.39, 0.29) is 18.5 Å². The molecule has 2 rings (SSSR count). The third-order valence-electron chi connectivity index (χ3n) is 3.02. The van der Waals surface area contributed by atoms with Gasteiger partial charge in [-0.1, -0.05) is 6.07 Å². The normalized spacial score (nSPS) is 12.3. The van der Waals surface area contributed by atoms with Crippen molar-refractivity contribution >= 4 is 10.9 Å². The number of nitrogens with two attached hydrogens (primary N) is 1. The van der Waals surface area contributed by atoms with E-state index >= 15 is 0 Å².